The molecule has 0 aliphatic rings. The Balaban J connectivity index is 2.09. The van der Waals surface area contributed by atoms with Gasteiger partial charge in [-0.2, -0.15) is 5.06 Å². The molecule has 2 radical (unpaired) electrons. The SMILES string of the molecule is [B]Cc1ccc(C(C)ON(C)C(c2ccccc2)C(C)C)cc1. The number of hydrogen-bond donors (Lipinski definition) is 0. The number of rotatable bonds is 7. The van der Waals surface area contributed by atoms with Gasteiger partial charge in [-0.15, -0.1) is 0 Å². The average molecular weight is 307 g/mol. The van der Waals surface area contributed by atoms with Crippen LogP contribution >= 0.6 is 0 Å². The van der Waals surface area contributed by atoms with E-state index in [0.717, 1.165) is 11.1 Å². The summed E-state index contributed by atoms with van der Waals surface area (Å²) in [4.78, 5) is 6.19. The smallest absolute Gasteiger partial charge is 0.101 e. The number of benzene rings is 2. The summed E-state index contributed by atoms with van der Waals surface area (Å²) >= 11 is 0. The number of hydrogen-bond acceptors (Lipinski definition) is 2. The highest BCUT2D eigenvalue weighted by Gasteiger charge is 2.23. The maximum absolute atomic E-state index is 6.19. The number of hydroxylamine groups is 2. The van der Waals surface area contributed by atoms with E-state index in [2.05, 4.69) is 69.3 Å². The minimum atomic E-state index is -0.00298. The quantitative estimate of drug-likeness (QED) is 0.544. The lowest BCUT2D eigenvalue weighted by atomic mass is 9.95. The predicted molar refractivity (Wildman–Crippen MR) is 97.2 cm³/mol. The zero-order valence-electron chi connectivity index (χ0n) is 14.6. The van der Waals surface area contributed by atoms with Gasteiger partial charge >= 0.3 is 0 Å². The lowest BCUT2D eigenvalue weighted by Crippen LogP contribution is -2.29. The Kier molecular flexibility index (Phi) is 6.43. The van der Waals surface area contributed by atoms with Crippen molar-refractivity contribution in [3.63, 3.8) is 0 Å². The van der Waals surface area contributed by atoms with Gasteiger partial charge < -0.3 is 0 Å². The minimum absolute atomic E-state index is 0.00298. The van der Waals surface area contributed by atoms with Gasteiger partial charge in [-0.25, -0.2) is 0 Å². The van der Waals surface area contributed by atoms with Crippen molar-refractivity contribution in [1.29, 1.82) is 0 Å². The Morgan fingerprint density at radius 1 is 0.913 bits per heavy atom. The van der Waals surface area contributed by atoms with E-state index in [1.807, 2.05) is 18.2 Å². The molecule has 120 valence electrons. The highest BCUT2D eigenvalue weighted by atomic mass is 16.7. The zero-order chi connectivity index (χ0) is 16.8. The van der Waals surface area contributed by atoms with Crippen LogP contribution in [0.3, 0.4) is 0 Å². The van der Waals surface area contributed by atoms with E-state index >= 15 is 0 Å². The van der Waals surface area contributed by atoms with Gasteiger partial charge in [0.1, 0.15) is 6.10 Å². The number of nitrogens with zero attached hydrogens (tertiary/aromatic N) is 1. The third-order valence-electron chi connectivity index (χ3n) is 4.17. The van der Waals surface area contributed by atoms with Gasteiger partial charge in [0, 0.05) is 7.05 Å². The van der Waals surface area contributed by atoms with Crippen molar-refractivity contribution in [3.05, 3.63) is 71.3 Å². The lowest BCUT2D eigenvalue weighted by molar-refractivity contribution is -0.212. The molecule has 0 fully saturated rings. The van der Waals surface area contributed by atoms with Crippen molar-refractivity contribution >= 4 is 7.85 Å². The van der Waals surface area contributed by atoms with E-state index in [1.165, 1.54) is 5.56 Å². The second-order valence-corrected chi connectivity index (χ2v) is 6.34. The summed E-state index contributed by atoms with van der Waals surface area (Å²) in [6.45, 7) is 6.52. The fraction of sp³-hybridized carbons (Fsp3) is 0.400. The first-order valence-electron chi connectivity index (χ1n) is 8.26. The van der Waals surface area contributed by atoms with Crippen LogP contribution in [0, 0.1) is 5.92 Å². The molecule has 0 aliphatic carbocycles. The summed E-state index contributed by atoms with van der Waals surface area (Å²) in [7, 11) is 7.67. The van der Waals surface area contributed by atoms with E-state index < -0.39 is 0 Å². The molecule has 0 aliphatic heterocycles. The summed E-state index contributed by atoms with van der Waals surface area (Å²) in [5, 5.41) is 1.99. The largest absolute Gasteiger partial charge is 0.291 e. The van der Waals surface area contributed by atoms with Crippen molar-refractivity contribution < 1.29 is 4.84 Å². The molecule has 0 saturated heterocycles. The molecule has 23 heavy (non-hydrogen) atoms. The molecule has 0 heterocycles. The second-order valence-electron chi connectivity index (χ2n) is 6.34. The first-order chi connectivity index (χ1) is 11.0. The summed E-state index contributed by atoms with van der Waals surface area (Å²) < 4.78 is 0. The molecule has 0 spiro atoms. The topological polar surface area (TPSA) is 12.5 Å². The van der Waals surface area contributed by atoms with Crippen molar-refractivity contribution in [2.45, 2.75) is 39.2 Å². The molecule has 2 unspecified atom stereocenters. The van der Waals surface area contributed by atoms with E-state index in [-0.39, 0.29) is 12.1 Å². The van der Waals surface area contributed by atoms with Crippen LogP contribution in [-0.2, 0) is 11.2 Å². The van der Waals surface area contributed by atoms with Gasteiger partial charge in [-0.05, 0) is 24.0 Å². The van der Waals surface area contributed by atoms with Crippen LogP contribution in [0.5, 0.6) is 0 Å². The third-order valence-corrected chi connectivity index (χ3v) is 4.17. The molecule has 2 aromatic rings. The van der Waals surface area contributed by atoms with Gasteiger partial charge in [0.15, 0.2) is 0 Å². The Hall–Kier alpha value is -1.58. The molecule has 3 heteroatoms. The summed E-state index contributed by atoms with van der Waals surface area (Å²) in [6.07, 6.45) is 0.565. The average Bonchev–Trinajstić information content (AvgIpc) is 2.55. The standard InChI is InChI=1S/C20H26BNO/c1-15(2)20(19-8-6-5-7-9-19)22(4)23-16(3)18-12-10-17(14-21)11-13-18/h5-13,15-16,20H,14H2,1-4H3. The van der Waals surface area contributed by atoms with Gasteiger partial charge in [0.05, 0.1) is 13.9 Å². The third kappa shape index (κ3) is 4.70. The van der Waals surface area contributed by atoms with Crippen LogP contribution < -0.4 is 0 Å². The zero-order valence-corrected chi connectivity index (χ0v) is 14.6. The van der Waals surface area contributed by atoms with E-state index in [9.17, 15) is 0 Å². The molecule has 0 N–H and O–H groups in total. The Morgan fingerprint density at radius 2 is 1.52 bits per heavy atom. The minimum Gasteiger partial charge on any atom is -0.291 e. The normalized spacial score (nSPS) is 14.2. The maximum Gasteiger partial charge on any atom is 0.101 e. The van der Waals surface area contributed by atoms with Crippen LogP contribution in [-0.4, -0.2) is 20.0 Å². The second kappa shape index (κ2) is 8.33. The fourth-order valence-electron chi connectivity index (χ4n) is 2.97. The van der Waals surface area contributed by atoms with Crippen LogP contribution in [0.2, 0.25) is 0 Å². The van der Waals surface area contributed by atoms with E-state index in [0.29, 0.717) is 12.2 Å². The van der Waals surface area contributed by atoms with Gasteiger partial charge in [-0.3, -0.25) is 4.84 Å². The van der Waals surface area contributed by atoms with Crippen molar-refractivity contribution in [1.82, 2.24) is 5.06 Å². The molecular formula is C20H26BNO. The van der Waals surface area contributed by atoms with E-state index in [4.69, 9.17) is 12.7 Å². The Bertz CT molecular complexity index is 582. The first kappa shape index (κ1) is 17.8. The predicted octanol–water partition coefficient (Wildman–Crippen LogP) is 4.68. The maximum atomic E-state index is 6.19. The highest BCUT2D eigenvalue weighted by molar-refractivity contribution is 6.08. The first-order valence-corrected chi connectivity index (χ1v) is 8.26. The molecule has 0 bridgehead atoms. The molecule has 2 nitrogen and oxygen atoms in total. The molecule has 2 atom stereocenters. The summed E-state index contributed by atoms with van der Waals surface area (Å²) in [5.41, 5.74) is 3.57. The van der Waals surface area contributed by atoms with Crippen LogP contribution in [0.1, 0.15) is 49.6 Å². The molecule has 0 saturated carbocycles. The highest BCUT2D eigenvalue weighted by Crippen LogP contribution is 2.30. The van der Waals surface area contributed by atoms with Crippen LogP contribution in [0.4, 0.5) is 0 Å². The fourth-order valence-corrected chi connectivity index (χ4v) is 2.97. The van der Waals surface area contributed by atoms with Crippen LogP contribution in [0.15, 0.2) is 54.6 Å². The lowest BCUT2D eigenvalue weighted by Gasteiger charge is -2.33. The molecular weight excluding hydrogens is 281 g/mol. The molecule has 0 amide bonds. The van der Waals surface area contributed by atoms with Gasteiger partial charge in [-0.1, -0.05) is 80.3 Å². The van der Waals surface area contributed by atoms with Gasteiger partial charge in [0.25, 0.3) is 0 Å². The van der Waals surface area contributed by atoms with Crippen molar-refractivity contribution in [2.24, 2.45) is 5.92 Å². The Morgan fingerprint density at radius 3 is 2.04 bits per heavy atom. The van der Waals surface area contributed by atoms with Crippen molar-refractivity contribution in [2.75, 3.05) is 7.05 Å². The summed E-state index contributed by atoms with van der Waals surface area (Å²) in [6, 6.07) is 19.0. The molecule has 2 aromatic carbocycles. The van der Waals surface area contributed by atoms with Crippen molar-refractivity contribution in [3.8, 4) is 0 Å². The monoisotopic (exact) mass is 307 g/mol. The molecule has 0 aromatic heterocycles. The summed E-state index contributed by atoms with van der Waals surface area (Å²) in [5.74, 6) is 0.453. The van der Waals surface area contributed by atoms with Gasteiger partial charge in [0.2, 0.25) is 0 Å². The van der Waals surface area contributed by atoms with Crippen LogP contribution in [0.25, 0.3) is 0 Å². The Labute approximate surface area is 141 Å². The van der Waals surface area contributed by atoms with E-state index in [1.54, 1.807) is 0 Å². The molecule has 2 rings (SSSR count).